The Morgan fingerprint density at radius 2 is 1.79 bits per heavy atom. The molecule has 0 spiro atoms. The second kappa shape index (κ2) is 7.11. The molecule has 6 nitrogen and oxygen atoms in total. The van der Waals surface area contributed by atoms with Gasteiger partial charge in [0.2, 0.25) is 11.7 Å². The second-order valence-corrected chi connectivity index (χ2v) is 3.65. The second-order valence-electron chi connectivity index (χ2n) is 3.65. The molecule has 0 fully saturated rings. The first kappa shape index (κ1) is 14.6. The number of hydrogen-bond acceptors (Lipinski definition) is 5. The molecule has 0 saturated heterocycles. The summed E-state index contributed by atoms with van der Waals surface area (Å²) in [4.78, 5) is 11.2. The number of carbonyl (C=O) groups excluding carboxylic acids is 1. The van der Waals surface area contributed by atoms with Gasteiger partial charge in [0.25, 0.3) is 0 Å². The molecule has 0 saturated carbocycles. The molecule has 1 aromatic carbocycles. The van der Waals surface area contributed by atoms with Gasteiger partial charge in [-0.15, -0.1) is 0 Å². The van der Waals surface area contributed by atoms with Gasteiger partial charge in [-0.05, 0) is 17.7 Å². The lowest BCUT2D eigenvalue weighted by Gasteiger charge is -2.14. The van der Waals surface area contributed by atoms with Crippen molar-refractivity contribution in [2.24, 2.45) is 0 Å². The molecule has 0 aliphatic carbocycles. The van der Waals surface area contributed by atoms with Gasteiger partial charge in [-0.25, -0.2) is 0 Å². The van der Waals surface area contributed by atoms with E-state index in [1.807, 2.05) is 0 Å². The summed E-state index contributed by atoms with van der Waals surface area (Å²) in [5, 5.41) is 11.0. The summed E-state index contributed by atoms with van der Waals surface area (Å²) < 4.78 is 15.6. The topological polar surface area (TPSA) is 80.6 Å². The summed E-state index contributed by atoms with van der Waals surface area (Å²) in [6.45, 7) is 0.289. The first-order valence-electron chi connectivity index (χ1n) is 5.58. The number of hydrogen-bond donors (Lipinski definition) is 1. The summed E-state index contributed by atoms with van der Waals surface area (Å²) in [6, 6.07) is 5.27. The lowest BCUT2D eigenvalue weighted by molar-refractivity contribution is -0.120. The number of nitrogens with zero attached hydrogens (tertiary/aromatic N) is 1. The highest BCUT2D eigenvalue weighted by atomic mass is 16.5. The molecule has 1 amide bonds. The minimum absolute atomic E-state index is 0.162. The van der Waals surface area contributed by atoms with E-state index in [1.165, 1.54) is 21.3 Å². The molecule has 19 heavy (non-hydrogen) atoms. The lowest BCUT2D eigenvalue weighted by Crippen LogP contribution is -2.21. The lowest BCUT2D eigenvalue weighted by atomic mass is 10.1. The average Bonchev–Trinajstić information content (AvgIpc) is 2.44. The summed E-state index contributed by atoms with van der Waals surface area (Å²) in [5.41, 5.74) is 0.792. The molecule has 1 rings (SSSR count). The minimum atomic E-state index is -0.323. The van der Waals surface area contributed by atoms with Gasteiger partial charge >= 0.3 is 0 Å². The predicted octanol–water partition coefficient (Wildman–Crippen LogP) is 1.24. The number of benzene rings is 1. The highest BCUT2D eigenvalue weighted by Gasteiger charge is 2.13. The van der Waals surface area contributed by atoms with Crippen LogP contribution >= 0.6 is 0 Å². The van der Waals surface area contributed by atoms with Crippen molar-refractivity contribution in [2.45, 2.75) is 13.0 Å². The summed E-state index contributed by atoms with van der Waals surface area (Å²) >= 11 is 0. The molecular formula is C13H16N2O4. The average molecular weight is 264 g/mol. The molecule has 0 aliphatic rings. The molecule has 102 valence electrons. The number of amides is 1. The highest BCUT2D eigenvalue weighted by Crippen LogP contribution is 2.38. The minimum Gasteiger partial charge on any atom is -0.493 e. The maximum Gasteiger partial charge on any atom is 0.234 e. The predicted molar refractivity (Wildman–Crippen MR) is 68.2 cm³/mol. The Hall–Kier alpha value is -2.42. The fraction of sp³-hybridized carbons (Fsp3) is 0.385. The van der Waals surface area contributed by atoms with Crippen molar-refractivity contribution in [1.29, 1.82) is 5.26 Å². The number of ether oxygens (including phenoxy) is 3. The Balaban J connectivity index is 2.91. The van der Waals surface area contributed by atoms with E-state index >= 15 is 0 Å². The van der Waals surface area contributed by atoms with Crippen LogP contribution in [-0.4, -0.2) is 27.2 Å². The standard InChI is InChI=1S/C13H16N2O4/c1-17-10-6-9(8-15-12(16)4-5-14)7-11(18-2)13(10)19-3/h6-7H,4,8H2,1-3H3,(H,15,16). The monoisotopic (exact) mass is 264 g/mol. The number of nitriles is 1. The van der Waals surface area contributed by atoms with Crippen molar-refractivity contribution < 1.29 is 19.0 Å². The normalized spacial score (nSPS) is 9.37. The van der Waals surface area contributed by atoms with Gasteiger partial charge in [-0.1, -0.05) is 0 Å². The van der Waals surface area contributed by atoms with E-state index < -0.39 is 0 Å². The smallest absolute Gasteiger partial charge is 0.234 e. The molecule has 0 aromatic heterocycles. The molecule has 0 unspecified atom stereocenters. The van der Waals surface area contributed by atoms with Crippen molar-refractivity contribution in [1.82, 2.24) is 5.32 Å². The molecule has 0 atom stereocenters. The summed E-state index contributed by atoms with van der Waals surface area (Å²) in [5.74, 6) is 1.21. The maximum absolute atomic E-state index is 11.2. The van der Waals surface area contributed by atoms with E-state index in [0.717, 1.165) is 5.56 Å². The number of nitrogens with one attached hydrogen (secondary N) is 1. The number of methoxy groups -OCH3 is 3. The number of rotatable bonds is 6. The van der Waals surface area contributed by atoms with Crippen LogP contribution in [0.3, 0.4) is 0 Å². The van der Waals surface area contributed by atoms with Crippen LogP contribution in [0.2, 0.25) is 0 Å². The van der Waals surface area contributed by atoms with Gasteiger partial charge in [-0.3, -0.25) is 4.79 Å². The van der Waals surface area contributed by atoms with E-state index in [1.54, 1.807) is 18.2 Å². The van der Waals surface area contributed by atoms with Crippen molar-refractivity contribution in [2.75, 3.05) is 21.3 Å². The molecule has 6 heteroatoms. The maximum atomic E-state index is 11.2. The first-order valence-corrected chi connectivity index (χ1v) is 5.58. The van der Waals surface area contributed by atoms with Crippen molar-refractivity contribution in [3.05, 3.63) is 17.7 Å². The van der Waals surface area contributed by atoms with Crippen LogP contribution < -0.4 is 19.5 Å². The van der Waals surface area contributed by atoms with Crippen LogP contribution in [0.25, 0.3) is 0 Å². The van der Waals surface area contributed by atoms with E-state index in [0.29, 0.717) is 17.2 Å². The van der Waals surface area contributed by atoms with Crippen molar-refractivity contribution in [3.8, 4) is 23.3 Å². The van der Waals surface area contributed by atoms with Crippen LogP contribution in [0.1, 0.15) is 12.0 Å². The Kier molecular flexibility index (Phi) is 5.48. The largest absolute Gasteiger partial charge is 0.493 e. The van der Waals surface area contributed by atoms with Crippen molar-refractivity contribution in [3.63, 3.8) is 0 Å². The van der Waals surface area contributed by atoms with E-state index in [9.17, 15) is 4.79 Å². The van der Waals surface area contributed by atoms with Gasteiger partial charge < -0.3 is 19.5 Å². The van der Waals surface area contributed by atoms with Crippen molar-refractivity contribution >= 4 is 5.91 Å². The Bertz CT molecular complexity index is 469. The Morgan fingerprint density at radius 3 is 2.21 bits per heavy atom. The molecule has 1 aromatic rings. The molecule has 1 N–H and O–H groups in total. The Morgan fingerprint density at radius 1 is 1.21 bits per heavy atom. The fourth-order valence-corrected chi connectivity index (χ4v) is 1.57. The number of carbonyl (C=O) groups is 1. The Labute approximate surface area is 111 Å². The van der Waals surface area contributed by atoms with Gasteiger partial charge in [0.05, 0.1) is 27.4 Å². The highest BCUT2D eigenvalue weighted by molar-refractivity contribution is 5.78. The third-order valence-electron chi connectivity index (χ3n) is 2.45. The summed E-state index contributed by atoms with van der Waals surface area (Å²) in [7, 11) is 4.57. The van der Waals surface area contributed by atoms with E-state index in [2.05, 4.69) is 5.32 Å². The molecule has 0 bridgehead atoms. The first-order chi connectivity index (χ1) is 9.15. The van der Waals surface area contributed by atoms with Gasteiger partial charge in [0.15, 0.2) is 11.5 Å². The third-order valence-corrected chi connectivity index (χ3v) is 2.45. The molecular weight excluding hydrogens is 248 g/mol. The zero-order valence-corrected chi connectivity index (χ0v) is 11.1. The summed E-state index contributed by atoms with van der Waals surface area (Å²) in [6.07, 6.45) is -0.162. The molecule has 0 aliphatic heterocycles. The van der Waals surface area contributed by atoms with E-state index in [4.69, 9.17) is 19.5 Å². The van der Waals surface area contributed by atoms with Crippen LogP contribution in [0.4, 0.5) is 0 Å². The van der Waals surface area contributed by atoms with Crippen LogP contribution in [0.5, 0.6) is 17.2 Å². The van der Waals surface area contributed by atoms with Gasteiger partial charge in [-0.2, -0.15) is 5.26 Å². The zero-order chi connectivity index (χ0) is 14.3. The van der Waals surface area contributed by atoms with Crippen LogP contribution in [0, 0.1) is 11.3 Å². The van der Waals surface area contributed by atoms with E-state index in [-0.39, 0.29) is 18.9 Å². The van der Waals surface area contributed by atoms with Crippen LogP contribution in [0.15, 0.2) is 12.1 Å². The van der Waals surface area contributed by atoms with Gasteiger partial charge in [0.1, 0.15) is 6.42 Å². The quantitative estimate of drug-likeness (QED) is 0.836. The van der Waals surface area contributed by atoms with Crippen LogP contribution in [-0.2, 0) is 11.3 Å². The fourth-order valence-electron chi connectivity index (χ4n) is 1.57. The van der Waals surface area contributed by atoms with Gasteiger partial charge in [0, 0.05) is 6.54 Å². The molecule has 0 radical (unpaired) electrons. The SMILES string of the molecule is COc1cc(CNC(=O)CC#N)cc(OC)c1OC. The zero-order valence-electron chi connectivity index (χ0n) is 11.1. The molecule has 0 heterocycles. The third kappa shape index (κ3) is 3.78.